The van der Waals surface area contributed by atoms with E-state index in [4.69, 9.17) is 0 Å². The number of hydrogen-bond acceptors (Lipinski definition) is 0. The van der Waals surface area contributed by atoms with E-state index in [1.165, 1.54) is 0 Å². The van der Waals surface area contributed by atoms with Gasteiger partial charge in [-0.2, -0.15) is 22.0 Å². The summed E-state index contributed by atoms with van der Waals surface area (Å²) < 4.78 is 77.3. The highest BCUT2D eigenvalue weighted by molar-refractivity contribution is 7.39. The van der Waals surface area contributed by atoms with Crippen LogP contribution in [0.2, 0.25) is 0 Å². The van der Waals surface area contributed by atoms with Crippen LogP contribution in [0, 0.1) is 5.92 Å². The molecule has 0 rings (SSSR count). The molecule has 3 unspecified atom stereocenters. The molecule has 0 aromatic heterocycles. The zero-order valence-corrected chi connectivity index (χ0v) is 16.4. The topological polar surface area (TPSA) is 0 Å². The van der Waals surface area contributed by atoms with Crippen molar-refractivity contribution in [2.45, 2.75) is 102 Å². The summed E-state index contributed by atoms with van der Waals surface area (Å²) >= 11 is 0. The third-order valence-corrected chi connectivity index (χ3v) is 5.84. The highest BCUT2D eigenvalue weighted by atomic mass is 31.1. The molecule has 0 spiro atoms. The van der Waals surface area contributed by atoms with Crippen LogP contribution in [0.5, 0.6) is 0 Å². The van der Waals surface area contributed by atoms with Crippen LogP contribution in [0.4, 0.5) is 26.3 Å². The minimum atomic E-state index is -4.18. The van der Waals surface area contributed by atoms with Crippen molar-refractivity contribution in [1.82, 2.24) is 0 Å². The summed E-state index contributed by atoms with van der Waals surface area (Å²) in [7, 11) is -0.712. The maximum Gasteiger partial charge on any atom is 0.389 e. The SMILES string of the molecule is CCCCC(CC)CCPC(F)(F)C(F)CCCCCCC(F)(F)F. The molecule has 0 saturated carbocycles. The Morgan fingerprint density at radius 1 is 0.800 bits per heavy atom. The fraction of sp³-hybridized carbons (Fsp3) is 1.00. The molecule has 7 heteroatoms. The third kappa shape index (κ3) is 13.8. The molecule has 0 bridgehead atoms. The number of halogens is 6. The molecular weight excluding hydrogens is 361 g/mol. The zero-order chi connectivity index (χ0) is 19.3. The molecule has 0 fully saturated rings. The zero-order valence-electron chi connectivity index (χ0n) is 15.4. The average molecular weight is 394 g/mol. The lowest BCUT2D eigenvalue weighted by Gasteiger charge is -2.22. The maximum absolute atomic E-state index is 13.8. The Balaban J connectivity index is 3.90. The van der Waals surface area contributed by atoms with E-state index < -0.39 is 33.0 Å². The molecule has 0 aromatic rings. The highest BCUT2D eigenvalue weighted by Crippen LogP contribution is 2.42. The largest absolute Gasteiger partial charge is 0.389 e. The highest BCUT2D eigenvalue weighted by Gasteiger charge is 2.38. The Labute approximate surface area is 150 Å². The summed E-state index contributed by atoms with van der Waals surface area (Å²) in [4.78, 5) is 0. The first-order valence-corrected chi connectivity index (χ1v) is 10.7. The molecule has 0 radical (unpaired) electrons. The van der Waals surface area contributed by atoms with Crippen molar-refractivity contribution in [2.24, 2.45) is 5.92 Å². The van der Waals surface area contributed by atoms with Gasteiger partial charge in [-0.15, -0.1) is 0 Å². The van der Waals surface area contributed by atoms with Gasteiger partial charge in [0, 0.05) is 6.42 Å². The van der Waals surface area contributed by atoms with E-state index >= 15 is 0 Å². The second-order valence-electron chi connectivity index (χ2n) is 6.79. The molecule has 0 aromatic carbocycles. The van der Waals surface area contributed by atoms with Gasteiger partial charge in [0.15, 0.2) is 6.17 Å². The molecule has 3 atom stereocenters. The first kappa shape index (κ1) is 25.0. The van der Waals surface area contributed by atoms with Gasteiger partial charge in [0.05, 0.1) is 0 Å². The van der Waals surface area contributed by atoms with Gasteiger partial charge in [-0.1, -0.05) is 58.8 Å². The summed E-state index contributed by atoms with van der Waals surface area (Å²) in [6, 6.07) is 0. The molecule has 152 valence electrons. The van der Waals surface area contributed by atoms with E-state index in [-0.39, 0.29) is 19.3 Å². The van der Waals surface area contributed by atoms with Crippen LogP contribution in [0.25, 0.3) is 0 Å². The summed E-state index contributed by atoms with van der Waals surface area (Å²) in [6.45, 7) is 4.15. The van der Waals surface area contributed by atoms with E-state index in [1.807, 2.05) is 0 Å². The number of alkyl halides is 6. The molecule has 0 aliphatic rings. The molecule has 0 N–H and O–H groups in total. The van der Waals surface area contributed by atoms with Crippen molar-refractivity contribution in [1.29, 1.82) is 0 Å². The Kier molecular flexibility index (Phi) is 13.2. The van der Waals surface area contributed by atoms with Gasteiger partial charge in [0.25, 0.3) is 5.66 Å². The van der Waals surface area contributed by atoms with Crippen LogP contribution in [0.3, 0.4) is 0 Å². The number of unbranched alkanes of at least 4 members (excludes halogenated alkanes) is 4. The molecule has 0 saturated heterocycles. The molecule has 0 heterocycles. The molecule has 0 nitrogen and oxygen atoms in total. The number of rotatable bonds is 15. The van der Waals surface area contributed by atoms with Crippen molar-refractivity contribution in [2.75, 3.05) is 6.16 Å². The Morgan fingerprint density at radius 3 is 2.00 bits per heavy atom. The first-order valence-electron chi connectivity index (χ1n) is 9.46. The van der Waals surface area contributed by atoms with Crippen molar-refractivity contribution in [3.05, 3.63) is 0 Å². The van der Waals surface area contributed by atoms with Crippen molar-refractivity contribution >= 4 is 8.58 Å². The van der Waals surface area contributed by atoms with Crippen molar-refractivity contribution in [3.63, 3.8) is 0 Å². The first-order chi connectivity index (χ1) is 11.6. The van der Waals surface area contributed by atoms with Gasteiger partial charge in [0.1, 0.15) is 0 Å². The van der Waals surface area contributed by atoms with Crippen LogP contribution in [0.15, 0.2) is 0 Å². The lowest BCUT2D eigenvalue weighted by molar-refractivity contribution is -0.135. The average Bonchev–Trinajstić information content (AvgIpc) is 2.52. The summed E-state index contributed by atoms with van der Waals surface area (Å²) in [6.07, 6.45) is -1.36. The molecular formula is C18H33F6P. The third-order valence-electron chi connectivity index (χ3n) is 4.52. The second-order valence-corrected chi connectivity index (χ2v) is 8.31. The van der Waals surface area contributed by atoms with Crippen molar-refractivity contribution < 1.29 is 26.3 Å². The van der Waals surface area contributed by atoms with Crippen LogP contribution in [0.1, 0.15) is 84.5 Å². The van der Waals surface area contributed by atoms with Crippen molar-refractivity contribution in [3.8, 4) is 0 Å². The lowest BCUT2D eigenvalue weighted by atomic mass is 9.97. The van der Waals surface area contributed by atoms with E-state index in [9.17, 15) is 26.3 Å². The molecule has 25 heavy (non-hydrogen) atoms. The van der Waals surface area contributed by atoms with E-state index in [2.05, 4.69) is 13.8 Å². The minimum Gasteiger partial charge on any atom is -0.240 e. The predicted molar refractivity (Wildman–Crippen MR) is 94.7 cm³/mol. The molecule has 0 aliphatic carbocycles. The normalized spacial score (nSPS) is 15.8. The smallest absolute Gasteiger partial charge is 0.240 e. The van der Waals surface area contributed by atoms with Gasteiger partial charge < -0.3 is 0 Å². The van der Waals surface area contributed by atoms with E-state index in [0.29, 0.717) is 31.3 Å². The maximum atomic E-state index is 13.8. The lowest BCUT2D eigenvalue weighted by Crippen LogP contribution is -2.25. The van der Waals surface area contributed by atoms with Crippen LogP contribution in [-0.2, 0) is 0 Å². The van der Waals surface area contributed by atoms with Gasteiger partial charge in [-0.25, -0.2) is 4.39 Å². The fourth-order valence-corrected chi connectivity index (χ4v) is 4.03. The van der Waals surface area contributed by atoms with Gasteiger partial charge in [-0.3, -0.25) is 0 Å². The summed E-state index contributed by atoms with van der Waals surface area (Å²) in [5.74, 6) is 0.440. The van der Waals surface area contributed by atoms with Gasteiger partial charge in [-0.05, 0) is 39.9 Å². The molecule has 0 amide bonds. The monoisotopic (exact) mass is 394 g/mol. The van der Waals surface area contributed by atoms with Crippen LogP contribution >= 0.6 is 8.58 Å². The van der Waals surface area contributed by atoms with Gasteiger partial charge >= 0.3 is 6.18 Å². The molecule has 0 aliphatic heterocycles. The Morgan fingerprint density at radius 2 is 1.44 bits per heavy atom. The standard InChI is InChI=1S/C18H33F6P/c1-3-5-10-15(4-2)12-14-25-18(23,24)16(19)11-8-6-7-9-13-17(20,21)22/h15-16,25H,3-14H2,1-2H3. The van der Waals surface area contributed by atoms with E-state index in [0.717, 1.165) is 25.7 Å². The fourth-order valence-electron chi connectivity index (χ4n) is 2.78. The predicted octanol–water partition coefficient (Wildman–Crippen LogP) is 8.11. The Bertz CT molecular complexity index is 319. The van der Waals surface area contributed by atoms with Gasteiger partial charge in [0.2, 0.25) is 0 Å². The number of hydrogen-bond donors (Lipinski definition) is 0. The van der Waals surface area contributed by atoms with Crippen LogP contribution < -0.4 is 0 Å². The Hall–Kier alpha value is 0.01000. The van der Waals surface area contributed by atoms with Crippen LogP contribution in [-0.4, -0.2) is 24.2 Å². The minimum absolute atomic E-state index is 0.0191. The quantitative estimate of drug-likeness (QED) is 0.149. The summed E-state index contributed by atoms with van der Waals surface area (Å²) in [5, 5.41) is 0. The van der Waals surface area contributed by atoms with E-state index in [1.54, 1.807) is 0 Å². The summed E-state index contributed by atoms with van der Waals surface area (Å²) in [5.41, 5.74) is -3.30. The second kappa shape index (κ2) is 13.2.